The second-order valence-electron chi connectivity index (χ2n) is 5.04. The van der Waals surface area contributed by atoms with Crippen LogP contribution in [0.15, 0.2) is 30.3 Å². The van der Waals surface area contributed by atoms with Crippen LogP contribution in [-0.2, 0) is 6.61 Å². The van der Waals surface area contributed by atoms with Crippen LogP contribution in [0.3, 0.4) is 0 Å². The lowest BCUT2D eigenvalue weighted by Crippen LogP contribution is -2.12. The number of aldehydes is 1. The molecule has 0 fully saturated rings. The number of carbonyl (C=O) groups is 2. The minimum absolute atomic E-state index is 0.00508. The van der Waals surface area contributed by atoms with Crippen LogP contribution >= 0.6 is 0 Å². The zero-order valence-electron chi connectivity index (χ0n) is 12.9. The van der Waals surface area contributed by atoms with E-state index in [4.69, 9.17) is 4.74 Å². The molecule has 0 atom stereocenters. The van der Waals surface area contributed by atoms with Crippen molar-refractivity contribution in [1.82, 2.24) is 0 Å². The molecular formula is C18H16F2O3. The van der Waals surface area contributed by atoms with Gasteiger partial charge in [0.25, 0.3) is 0 Å². The summed E-state index contributed by atoms with van der Waals surface area (Å²) in [4.78, 5) is 23.0. The molecule has 0 amide bonds. The first-order valence-electron chi connectivity index (χ1n) is 7.17. The predicted octanol–water partition coefficient (Wildman–Crippen LogP) is 4.26. The average Bonchev–Trinajstić information content (AvgIpc) is 2.57. The number of carbonyl (C=O) groups excluding carboxylic acids is 2. The summed E-state index contributed by atoms with van der Waals surface area (Å²) in [7, 11) is 0. The number of benzene rings is 2. The van der Waals surface area contributed by atoms with E-state index in [-0.39, 0.29) is 36.2 Å². The molecule has 0 heterocycles. The Balaban J connectivity index is 2.53. The zero-order valence-corrected chi connectivity index (χ0v) is 12.9. The van der Waals surface area contributed by atoms with Crippen molar-refractivity contribution in [2.24, 2.45) is 0 Å². The van der Waals surface area contributed by atoms with Crippen molar-refractivity contribution in [1.29, 1.82) is 0 Å². The molecule has 0 spiro atoms. The van der Waals surface area contributed by atoms with E-state index in [1.54, 1.807) is 31.2 Å². The number of Topliss-reactive ketones (excluding diaryl/α,β-unsaturated/α-hetero) is 1. The lowest BCUT2D eigenvalue weighted by molar-refractivity contribution is 0.0979. The van der Waals surface area contributed by atoms with Gasteiger partial charge in [0.1, 0.15) is 12.4 Å². The molecule has 120 valence electrons. The summed E-state index contributed by atoms with van der Waals surface area (Å²) in [5.74, 6) is -2.99. The lowest BCUT2D eigenvalue weighted by Gasteiger charge is -2.16. The maximum absolute atomic E-state index is 14.4. The summed E-state index contributed by atoms with van der Waals surface area (Å²) in [6.07, 6.45) is 0.162. The van der Waals surface area contributed by atoms with Crippen LogP contribution in [0.1, 0.15) is 45.2 Å². The molecule has 0 aliphatic rings. The van der Waals surface area contributed by atoms with Crippen LogP contribution in [0.2, 0.25) is 0 Å². The predicted molar refractivity (Wildman–Crippen MR) is 81.9 cm³/mol. The summed E-state index contributed by atoms with van der Waals surface area (Å²) < 4.78 is 33.9. The molecule has 0 aliphatic carbocycles. The Labute approximate surface area is 132 Å². The Morgan fingerprint density at radius 3 is 2.39 bits per heavy atom. The number of ketones is 1. The highest BCUT2D eigenvalue weighted by atomic mass is 19.1. The fourth-order valence-corrected chi connectivity index (χ4v) is 2.29. The van der Waals surface area contributed by atoms with E-state index < -0.39 is 23.0 Å². The molecule has 0 saturated heterocycles. The molecule has 2 aromatic rings. The summed E-state index contributed by atoms with van der Waals surface area (Å²) in [6.45, 7) is 2.93. The molecule has 0 N–H and O–H groups in total. The van der Waals surface area contributed by atoms with E-state index in [9.17, 15) is 18.4 Å². The van der Waals surface area contributed by atoms with Crippen molar-refractivity contribution >= 4 is 12.1 Å². The molecule has 3 nitrogen and oxygen atoms in total. The van der Waals surface area contributed by atoms with Gasteiger partial charge in [0.15, 0.2) is 23.6 Å². The van der Waals surface area contributed by atoms with Crippen molar-refractivity contribution in [3.8, 4) is 5.75 Å². The van der Waals surface area contributed by atoms with Crippen LogP contribution in [0.4, 0.5) is 8.78 Å². The van der Waals surface area contributed by atoms with Crippen LogP contribution in [0.5, 0.6) is 5.75 Å². The third-order valence-corrected chi connectivity index (χ3v) is 3.55. The van der Waals surface area contributed by atoms with Crippen molar-refractivity contribution in [2.75, 3.05) is 0 Å². The Kier molecular flexibility index (Phi) is 5.21. The van der Waals surface area contributed by atoms with Gasteiger partial charge in [-0.15, -0.1) is 0 Å². The molecule has 2 rings (SSSR count). The number of hydrogen-bond donors (Lipinski definition) is 0. The fourth-order valence-electron chi connectivity index (χ4n) is 2.29. The summed E-state index contributed by atoms with van der Waals surface area (Å²) in [5, 5.41) is 0. The lowest BCUT2D eigenvalue weighted by atomic mass is 9.97. The first kappa shape index (κ1) is 16.8. The molecular weight excluding hydrogens is 302 g/mol. The fraction of sp³-hybridized carbons (Fsp3) is 0.222. The molecule has 23 heavy (non-hydrogen) atoms. The van der Waals surface area contributed by atoms with Gasteiger partial charge in [-0.2, -0.15) is 0 Å². The number of rotatable bonds is 6. The number of hydrogen-bond acceptors (Lipinski definition) is 3. The van der Waals surface area contributed by atoms with Crippen molar-refractivity contribution in [2.45, 2.75) is 26.9 Å². The third kappa shape index (κ3) is 3.28. The maximum atomic E-state index is 14.4. The summed E-state index contributed by atoms with van der Waals surface area (Å²) in [5.41, 5.74) is -0.193. The van der Waals surface area contributed by atoms with Gasteiger partial charge in [-0.25, -0.2) is 8.78 Å². The van der Waals surface area contributed by atoms with Gasteiger partial charge in [0.2, 0.25) is 0 Å². The topological polar surface area (TPSA) is 43.4 Å². The van der Waals surface area contributed by atoms with Crippen molar-refractivity contribution in [3.05, 3.63) is 64.2 Å². The second-order valence-corrected chi connectivity index (χ2v) is 5.04. The number of halogens is 2. The second kappa shape index (κ2) is 7.13. The monoisotopic (exact) mass is 318 g/mol. The zero-order chi connectivity index (χ0) is 17.0. The molecule has 0 bridgehead atoms. The Hall–Kier alpha value is -2.56. The minimum atomic E-state index is -1.14. The van der Waals surface area contributed by atoms with Gasteiger partial charge >= 0.3 is 0 Å². The normalized spacial score (nSPS) is 10.4. The molecule has 0 unspecified atom stereocenters. The number of ether oxygens (including phenoxy) is 1. The molecule has 0 radical (unpaired) electrons. The van der Waals surface area contributed by atoms with E-state index in [2.05, 4.69) is 0 Å². The van der Waals surface area contributed by atoms with Gasteiger partial charge in [-0.05, 0) is 12.5 Å². The first-order valence-corrected chi connectivity index (χ1v) is 7.17. The van der Waals surface area contributed by atoms with Gasteiger partial charge < -0.3 is 4.74 Å². The minimum Gasteiger partial charge on any atom is -0.485 e. The highest BCUT2D eigenvalue weighted by Crippen LogP contribution is 2.33. The Morgan fingerprint density at radius 1 is 1.17 bits per heavy atom. The molecule has 0 aromatic heterocycles. The smallest absolute Gasteiger partial charge is 0.179 e. The molecule has 5 heteroatoms. The first-order chi connectivity index (χ1) is 11.0. The van der Waals surface area contributed by atoms with E-state index in [0.717, 1.165) is 5.56 Å². The molecule has 0 aliphatic heterocycles. The Bertz CT molecular complexity index is 740. The maximum Gasteiger partial charge on any atom is 0.179 e. The van der Waals surface area contributed by atoms with Crippen LogP contribution in [-0.4, -0.2) is 12.1 Å². The van der Waals surface area contributed by atoms with E-state index in [1.807, 2.05) is 6.07 Å². The van der Waals surface area contributed by atoms with Crippen LogP contribution in [0, 0.1) is 18.6 Å². The van der Waals surface area contributed by atoms with Crippen molar-refractivity contribution < 1.29 is 23.1 Å². The quantitative estimate of drug-likeness (QED) is 0.590. The average molecular weight is 318 g/mol. The SMILES string of the molecule is CCC(=O)c1c(C)c(F)c(C=O)c(F)c1OCc1ccccc1. The van der Waals surface area contributed by atoms with E-state index >= 15 is 0 Å². The van der Waals surface area contributed by atoms with E-state index in [0.29, 0.717) is 0 Å². The highest BCUT2D eigenvalue weighted by molar-refractivity contribution is 6.01. The van der Waals surface area contributed by atoms with Crippen molar-refractivity contribution in [3.63, 3.8) is 0 Å². The summed E-state index contributed by atoms with van der Waals surface area (Å²) >= 11 is 0. The van der Waals surface area contributed by atoms with E-state index in [1.165, 1.54) is 6.92 Å². The van der Waals surface area contributed by atoms with Gasteiger partial charge in [-0.1, -0.05) is 37.3 Å². The van der Waals surface area contributed by atoms with Gasteiger partial charge in [0, 0.05) is 12.0 Å². The van der Waals surface area contributed by atoms with Gasteiger partial charge in [-0.3, -0.25) is 9.59 Å². The largest absolute Gasteiger partial charge is 0.485 e. The summed E-state index contributed by atoms with van der Waals surface area (Å²) in [6, 6.07) is 8.95. The third-order valence-electron chi connectivity index (χ3n) is 3.55. The Morgan fingerprint density at radius 2 is 1.83 bits per heavy atom. The highest BCUT2D eigenvalue weighted by Gasteiger charge is 2.26. The standard InChI is InChI=1S/C18H16F2O3/c1-3-14(22)15-11(2)16(19)13(9-21)17(20)18(15)23-10-12-7-5-4-6-8-12/h4-9H,3,10H2,1-2H3. The van der Waals surface area contributed by atoms with Crippen LogP contribution < -0.4 is 4.74 Å². The molecule has 0 saturated carbocycles. The van der Waals surface area contributed by atoms with Crippen LogP contribution in [0.25, 0.3) is 0 Å². The van der Waals surface area contributed by atoms with Gasteiger partial charge in [0.05, 0.1) is 11.1 Å². The molecule has 2 aromatic carbocycles.